The van der Waals surface area contributed by atoms with Gasteiger partial charge in [0.15, 0.2) is 12.3 Å². The molecule has 9 heteroatoms. The van der Waals surface area contributed by atoms with E-state index in [1.807, 2.05) is 61.5 Å². The molecular formula is C25H28N5O4+. The second kappa shape index (κ2) is 9.86. The molecule has 0 aromatic heterocycles. The summed E-state index contributed by atoms with van der Waals surface area (Å²) in [6.07, 6.45) is 0. The highest BCUT2D eigenvalue weighted by Gasteiger charge is 2.54. The zero-order chi connectivity index (χ0) is 24.2. The van der Waals surface area contributed by atoms with Crippen molar-refractivity contribution < 1.29 is 23.7 Å². The second-order valence-corrected chi connectivity index (χ2v) is 8.14. The molecule has 2 aliphatic rings. The second-order valence-electron chi connectivity index (χ2n) is 8.14. The molecule has 0 bridgehead atoms. The first-order valence-electron chi connectivity index (χ1n) is 11.2. The van der Waals surface area contributed by atoms with Gasteiger partial charge in [0.05, 0.1) is 7.11 Å². The number of hydrogen-bond donors (Lipinski definition) is 1. The van der Waals surface area contributed by atoms with Crippen molar-refractivity contribution in [3.63, 3.8) is 0 Å². The van der Waals surface area contributed by atoms with Gasteiger partial charge in [0.25, 0.3) is 5.91 Å². The topological polar surface area (TPSA) is 94.3 Å². The molecule has 176 valence electrons. The predicted molar refractivity (Wildman–Crippen MR) is 127 cm³/mol. The van der Waals surface area contributed by atoms with Crippen LogP contribution in [-0.2, 0) is 22.7 Å². The van der Waals surface area contributed by atoms with Crippen molar-refractivity contribution in [2.45, 2.75) is 33.0 Å². The van der Waals surface area contributed by atoms with Crippen LogP contribution in [0.25, 0.3) is 0 Å². The molecule has 2 aromatic rings. The summed E-state index contributed by atoms with van der Waals surface area (Å²) in [6, 6.07) is 15.5. The highest BCUT2D eigenvalue weighted by Crippen LogP contribution is 2.22. The third-order valence-corrected chi connectivity index (χ3v) is 5.89. The summed E-state index contributed by atoms with van der Waals surface area (Å²) in [5.74, 6) is 0.0300. The third kappa shape index (κ3) is 4.54. The summed E-state index contributed by atoms with van der Waals surface area (Å²) in [7, 11) is 1.58. The summed E-state index contributed by atoms with van der Waals surface area (Å²) in [6.45, 7) is 4.36. The lowest BCUT2D eigenvalue weighted by atomic mass is 10.0. The monoisotopic (exact) mass is 462 g/mol. The Morgan fingerprint density at radius 1 is 1.12 bits per heavy atom. The number of carbonyl (C=O) groups is 3. The van der Waals surface area contributed by atoms with Gasteiger partial charge in [0.2, 0.25) is 6.04 Å². The van der Waals surface area contributed by atoms with E-state index in [2.05, 4.69) is 10.4 Å². The molecule has 2 aromatic carbocycles. The summed E-state index contributed by atoms with van der Waals surface area (Å²) >= 11 is 0. The lowest BCUT2D eigenvalue weighted by molar-refractivity contribution is -0.427. The first-order chi connectivity index (χ1) is 16.4. The number of nitrogens with zero attached hydrogens (tertiary/aromatic N) is 4. The van der Waals surface area contributed by atoms with E-state index in [1.165, 1.54) is 9.48 Å². The Hall–Kier alpha value is -4.01. The maximum absolute atomic E-state index is 13.5. The Balaban J connectivity index is 1.58. The van der Waals surface area contributed by atoms with Crippen LogP contribution in [0.5, 0.6) is 5.75 Å². The molecule has 34 heavy (non-hydrogen) atoms. The largest absolute Gasteiger partial charge is 0.501 e. The van der Waals surface area contributed by atoms with Crippen molar-refractivity contribution >= 4 is 29.3 Å². The maximum Gasteiger partial charge on any atom is 0.501 e. The molecule has 0 spiro atoms. The zero-order valence-corrected chi connectivity index (χ0v) is 19.5. The number of methoxy groups -OCH3 is 1. The Morgan fingerprint density at radius 3 is 2.56 bits per heavy atom. The average molecular weight is 463 g/mol. The van der Waals surface area contributed by atoms with E-state index in [0.717, 1.165) is 11.1 Å². The van der Waals surface area contributed by atoms with Gasteiger partial charge in [-0.05, 0) is 37.1 Å². The van der Waals surface area contributed by atoms with Crippen molar-refractivity contribution in [2.24, 2.45) is 5.10 Å². The number of fused-ring (bicyclic) bond motifs is 1. The Kier molecular flexibility index (Phi) is 6.72. The molecule has 4 rings (SSSR count). The van der Waals surface area contributed by atoms with Crippen LogP contribution in [0.4, 0.5) is 4.79 Å². The third-order valence-electron chi connectivity index (χ3n) is 5.89. The van der Waals surface area contributed by atoms with Gasteiger partial charge in [0, 0.05) is 13.1 Å². The Morgan fingerprint density at radius 2 is 1.85 bits per heavy atom. The van der Waals surface area contributed by atoms with Gasteiger partial charge in [-0.1, -0.05) is 42.5 Å². The number of hydrogen-bond acceptors (Lipinski definition) is 6. The van der Waals surface area contributed by atoms with Crippen molar-refractivity contribution in [2.75, 3.05) is 20.2 Å². The Labute approximate surface area is 198 Å². The van der Waals surface area contributed by atoms with E-state index >= 15 is 0 Å². The quantitative estimate of drug-likeness (QED) is 0.606. The number of ether oxygens (including phenoxy) is 1. The number of likely N-dealkylation sites (N-methyl/N-ethyl adjacent to an activating group) is 1. The highest BCUT2D eigenvalue weighted by molar-refractivity contribution is 6.48. The van der Waals surface area contributed by atoms with Gasteiger partial charge in [-0.2, -0.15) is 19.4 Å². The predicted octanol–water partition coefficient (Wildman–Crippen LogP) is 2.01. The first-order valence-corrected chi connectivity index (χ1v) is 11.2. The fraction of sp³-hybridized carbons (Fsp3) is 0.320. The Bertz CT molecular complexity index is 1170. The van der Waals surface area contributed by atoms with Crippen LogP contribution in [0.15, 0.2) is 59.7 Å². The summed E-state index contributed by atoms with van der Waals surface area (Å²) in [5, 5.41) is 8.99. The van der Waals surface area contributed by atoms with Crippen LogP contribution >= 0.6 is 0 Å². The van der Waals surface area contributed by atoms with Gasteiger partial charge in [-0.25, -0.2) is 4.79 Å². The van der Waals surface area contributed by atoms with Crippen molar-refractivity contribution in [3.05, 3.63) is 65.7 Å². The molecule has 1 N–H and O–H groups in total. The van der Waals surface area contributed by atoms with E-state index < -0.39 is 12.1 Å². The standard InChI is InChI=1S/C25H27N5O4/c1-4-30-23-22(17(2)27-30)28(16-21(31)26-14-19-11-8-12-20(13-19)34-3)25(33)29(24(23)32)15-18-9-6-5-7-10-18/h5-13,23H,4,14-16H2,1-3H3/p+1. The van der Waals surface area contributed by atoms with Crippen LogP contribution < -0.4 is 10.1 Å². The van der Waals surface area contributed by atoms with Crippen molar-refractivity contribution in [1.29, 1.82) is 0 Å². The molecule has 4 amide bonds. The number of nitrogens with one attached hydrogen (secondary N) is 1. The van der Waals surface area contributed by atoms with Crippen molar-refractivity contribution in [1.82, 2.24) is 15.2 Å². The molecule has 9 nitrogen and oxygen atoms in total. The summed E-state index contributed by atoms with van der Waals surface area (Å²) in [4.78, 5) is 40.9. The lowest BCUT2D eigenvalue weighted by Gasteiger charge is -2.28. The minimum Gasteiger partial charge on any atom is -0.497 e. The van der Waals surface area contributed by atoms with Gasteiger partial charge in [-0.15, -0.1) is 0 Å². The molecule has 1 unspecified atom stereocenters. The van der Waals surface area contributed by atoms with E-state index in [1.54, 1.807) is 19.0 Å². The maximum atomic E-state index is 13.5. The molecule has 0 aliphatic carbocycles. The first kappa shape index (κ1) is 23.2. The number of rotatable bonds is 8. The smallest absolute Gasteiger partial charge is 0.497 e. The lowest BCUT2D eigenvalue weighted by Crippen LogP contribution is -2.61. The summed E-state index contributed by atoms with van der Waals surface area (Å²) < 4.78 is 6.60. The van der Waals surface area contributed by atoms with Gasteiger partial charge in [-0.3, -0.25) is 9.80 Å². The minimum atomic E-state index is -0.724. The number of hydrazone groups is 1. The van der Waals surface area contributed by atoms with Crippen LogP contribution in [0.3, 0.4) is 0 Å². The highest BCUT2D eigenvalue weighted by atomic mass is 16.5. The SMILES string of the molecule is CCN1N=C(C)C2=[N+](CC(=O)NCc3cccc(OC)c3)C(=O)N(Cc3ccccc3)C(=O)C21. The fourth-order valence-electron chi connectivity index (χ4n) is 4.22. The van der Waals surface area contributed by atoms with Crippen LogP contribution in [0, 0.1) is 0 Å². The molecule has 2 heterocycles. The van der Waals surface area contributed by atoms with Crippen LogP contribution in [-0.4, -0.2) is 70.0 Å². The fourth-order valence-corrected chi connectivity index (χ4v) is 4.22. The molecule has 0 saturated heterocycles. The molecular weight excluding hydrogens is 434 g/mol. The molecule has 0 radical (unpaired) electrons. The van der Waals surface area contributed by atoms with Crippen molar-refractivity contribution in [3.8, 4) is 5.75 Å². The molecule has 0 saturated carbocycles. The van der Waals surface area contributed by atoms with E-state index in [9.17, 15) is 14.4 Å². The molecule has 0 fully saturated rings. The van der Waals surface area contributed by atoms with E-state index in [4.69, 9.17) is 4.74 Å². The number of imide groups is 1. The van der Waals surface area contributed by atoms with Gasteiger partial charge < -0.3 is 10.1 Å². The van der Waals surface area contributed by atoms with E-state index in [-0.39, 0.29) is 31.4 Å². The number of amides is 4. The van der Waals surface area contributed by atoms with Crippen LogP contribution in [0.2, 0.25) is 0 Å². The molecule has 2 aliphatic heterocycles. The van der Waals surface area contributed by atoms with E-state index in [0.29, 0.717) is 23.7 Å². The minimum absolute atomic E-state index is 0.126. The number of urea groups is 1. The van der Waals surface area contributed by atoms with Crippen LogP contribution in [0.1, 0.15) is 25.0 Å². The van der Waals surface area contributed by atoms with Gasteiger partial charge >= 0.3 is 11.9 Å². The summed E-state index contributed by atoms with van der Waals surface area (Å²) in [5.41, 5.74) is 2.74. The number of benzene rings is 2. The zero-order valence-electron chi connectivity index (χ0n) is 19.5. The normalized spacial score (nSPS) is 17.6. The number of carbonyl (C=O) groups excluding carboxylic acids is 3. The van der Waals surface area contributed by atoms with Gasteiger partial charge in [0.1, 0.15) is 18.0 Å². The molecule has 1 atom stereocenters. The average Bonchev–Trinajstić information content (AvgIpc) is 3.20.